The van der Waals surface area contributed by atoms with Gasteiger partial charge in [-0.25, -0.2) is 0 Å². The summed E-state index contributed by atoms with van der Waals surface area (Å²) in [5.41, 5.74) is 0.985. The summed E-state index contributed by atoms with van der Waals surface area (Å²) in [5, 5.41) is 7.24. The summed E-state index contributed by atoms with van der Waals surface area (Å²) in [6.45, 7) is 4.13. The van der Waals surface area contributed by atoms with E-state index in [-0.39, 0.29) is 12.0 Å². The van der Waals surface area contributed by atoms with E-state index in [0.717, 1.165) is 36.0 Å². The first-order valence-electron chi connectivity index (χ1n) is 6.25. The molecule has 0 radical (unpaired) electrons. The quantitative estimate of drug-likeness (QED) is 0.840. The Morgan fingerprint density at radius 2 is 2.56 bits per heavy atom. The van der Waals surface area contributed by atoms with Crippen LogP contribution in [0.4, 0.5) is 0 Å². The number of carbonyl (C=O) groups is 1. The fourth-order valence-corrected chi connectivity index (χ4v) is 2.27. The first kappa shape index (κ1) is 13.5. The second-order valence-corrected chi connectivity index (χ2v) is 5.33. The predicted molar refractivity (Wildman–Crippen MR) is 71.3 cm³/mol. The fourth-order valence-electron chi connectivity index (χ4n) is 1.96. The van der Waals surface area contributed by atoms with Crippen LogP contribution in [0.5, 0.6) is 0 Å². The molecular formula is C12H18BrN3O2. The van der Waals surface area contributed by atoms with E-state index in [4.69, 9.17) is 4.74 Å². The van der Waals surface area contributed by atoms with Crippen LogP contribution in [0.2, 0.25) is 0 Å². The molecule has 2 heterocycles. The van der Waals surface area contributed by atoms with Gasteiger partial charge in [0.2, 0.25) is 5.91 Å². The van der Waals surface area contributed by atoms with Crippen LogP contribution in [-0.4, -0.2) is 34.9 Å². The number of nitrogens with zero attached hydrogens (tertiary/aromatic N) is 2. The third-order valence-corrected chi connectivity index (χ3v) is 3.75. The Morgan fingerprint density at radius 3 is 3.17 bits per heavy atom. The van der Waals surface area contributed by atoms with Gasteiger partial charge in [-0.3, -0.25) is 9.48 Å². The maximum Gasteiger partial charge on any atom is 0.249 e. The Balaban J connectivity index is 1.65. The van der Waals surface area contributed by atoms with Crippen molar-refractivity contribution in [1.82, 2.24) is 15.1 Å². The summed E-state index contributed by atoms with van der Waals surface area (Å²) in [4.78, 5) is 11.6. The molecule has 1 aromatic heterocycles. The molecule has 0 spiro atoms. The van der Waals surface area contributed by atoms with Crippen LogP contribution in [0, 0.1) is 6.92 Å². The van der Waals surface area contributed by atoms with E-state index in [0.29, 0.717) is 13.2 Å². The average Bonchev–Trinajstić information content (AvgIpc) is 2.96. The van der Waals surface area contributed by atoms with Gasteiger partial charge in [-0.1, -0.05) is 0 Å². The number of nitrogens with one attached hydrogen (secondary N) is 1. The molecule has 1 saturated heterocycles. The van der Waals surface area contributed by atoms with Crippen molar-refractivity contribution in [1.29, 1.82) is 0 Å². The third-order valence-electron chi connectivity index (χ3n) is 2.97. The smallest absolute Gasteiger partial charge is 0.249 e. The molecule has 0 unspecified atom stereocenters. The summed E-state index contributed by atoms with van der Waals surface area (Å²) in [6, 6.07) is 0. The summed E-state index contributed by atoms with van der Waals surface area (Å²) in [6.07, 6.45) is 4.42. The number of rotatable bonds is 5. The van der Waals surface area contributed by atoms with E-state index in [9.17, 15) is 4.79 Å². The van der Waals surface area contributed by atoms with Crippen molar-refractivity contribution in [3.63, 3.8) is 0 Å². The molecule has 1 aromatic rings. The zero-order chi connectivity index (χ0) is 13.0. The Bertz CT molecular complexity index is 394. The normalized spacial score (nSPS) is 19.1. The lowest BCUT2D eigenvalue weighted by molar-refractivity contribution is -0.130. The topological polar surface area (TPSA) is 56.2 Å². The highest BCUT2D eigenvalue weighted by molar-refractivity contribution is 9.10. The third kappa shape index (κ3) is 3.55. The second-order valence-electron chi connectivity index (χ2n) is 4.47. The van der Waals surface area contributed by atoms with Crippen molar-refractivity contribution in [3.05, 3.63) is 16.4 Å². The van der Waals surface area contributed by atoms with Crippen LogP contribution in [-0.2, 0) is 16.1 Å². The predicted octanol–water partition coefficient (Wildman–Crippen LogP) is 1.64. The number of aryl methyl sites for hydroxylation is 2. The minimum absolute atomic E-state index is 0.0188. The van der Waals surface area contributed by atoms with Crippen molar-refractivity contribution >= 4 is 21.8 Å². The van der Waals surface area contributed by atoms with Crippen molar-refractivity contribution in [2.24, 2.45) is 0 Å². The minimum atomic E-state index is -0.230. The number of aromatic nitrogens is 2. The fraction of sp³-hybridized carbons (Fsp3) is 0.667. The van der Waals surface area contributed by atoms with Crippen LogP contribution in [0.1, 0.15) is 25.0 Å². The maximum atomic E-state index is 11.6. The molecule has 1 fully saturated rings. The molecule has 1 atom stereocenters. The largest absolute Gasteiger partial charge is 0.368 e. The first-order valence-corrected chi connectivity index (χ1v) is 7.05. The minimum Gasteiger partial charge on any atom is -0.368 e. The van der Waals surface area contributed by atoms with Gasteiger partial charge in [0.25, 0.3) is 0 Å². The van der Waals surface area contributed by atoms with Gasteiger partial charge < -0.3 is 10.1 Å². The van der Waals surface area contributed by atoms with Gasteiger partial charge in [-0.2, -0.15) is 5.10 Å². The zero-order valence-electron chi connectivity index (χ0n) is 10.5. The number of hydrogen-bond acceptors (Lipinski definition) is 3. The van der Waals surface area contributed by atoms with Gasteiger partial charge in [0.15, 0.2) is 0 Å². The van der Waals surface area contributed by atoms with Gasteiger partial charge in [0, 0.05) is 25.9 Å². The van der Waals surface area contributed by atoms with E-state index in [2.05, 4.69) is 26.3 Å². The molecule has 1 amide bonds. The van der Waals surface area contributed by atoms with Crippen molar-refractivity contribution in [2.75, 3.05) is 13.2 Å². The van der Waals surface area contributed by atoms with Gasteiger partial charge >= 0.3 is 0 Å². The number of ether oxygens (including phenoxy) is 1. The lowest BCUT2D eigenvalue weighted by atomic mass is 10.2. The van der Waals surface area contributed by atoms with Crippen molar-refractivity contribution < 1.29 is 9.53 Å². The van der Waals surface area contributed by atoms with Gasteiger partial charge in [-0.05, 0) is 42.1 Å². The molecule has 1 aliphatic rings. The molecule has 1 N–H and O–H groups in total. The van der Waals surface area contributed by atoms with E-state index in [1.165, 1.54) is 0 Å². The summed E-state index contributed by atoms with van der Waals surface area (Å²) < 4.78 is 8.22. The van der Waals surface area contributed by atoms with Crippen LogP contribution in [0.15, 0.2) is 10.7 Å². The summed E-state index contributed by atoms with van der Waals surface area (Å²) in [7, 11) is 0. The summed E-state index contributed by atoms with van der Waals surface area (Å²) >= 11 is 3.42. The Labute approximate surface area is 115 Å². The van der Waals surface area contributed by atoms with E-state index < -0.39 is 0 Å². The lowest BCUT2D eigenvalue weighted by Gasteiger charge is -2.10. The van der Waals surface area contributed by atoms with Crippen LogP contribution < -0.4 is 5.32 Å². The molecule has 18 heavy (non-hydrogen) atoms. The van der Waals surface area contributed by atoms with E-state index in [1.54, 1.807) is 0 Å². The van der Waals surface area contributed by atoms with Gasteiger partial charge in [-0.15, -0.1) is 0 Å². The van der Waals surface area contributed by atoms with Crippen molar-refractivity contribution in [2.45, 2.75) is 38.8 Å². The molecule has 6 heteroatoms. The molecule has 0 aliphatic carbocycles. The van der Waals surface area contributed by atoms with Crippen LogP contribution >= 0.6 is 15.9 Å². The van der Waals surface area contributed by atoms with Gasteiger partial charge in [0.05, 0.1) is 10.2 Å². The van der Waals surface area contributed by atoms with Crippen LogP contribution in [0.25, 0.3) is 0 Å². The lowest BCUT2D eigenvalue weighted by Crippen LogP contribution is -2.35. The molecule has 0 aromatic carbocycles. The monoisotopic (exact) mass is 315 g/mol. The van der Waals surface area contributed by atoms with Crippen LogP contribution in [0.3, 0.4) is 0 Å². The molecule has 5 nitrogen and oxygen atoms in total. The number of amides is 1. The Hall–Kier alpha value is -0.880. The van der Waals surface area contributed by atoms with E-state index >= 15 is 0 Å². The highest BCUT2D eigenvalue weighted by atomic mass is 79.9. The highest BCUT2D eigenvalue weighted by Gasteiger charge is 2.22. The molecule has 1 aliphatic heterocycles. The van der Waals surface area contributed by atoms with Crippen molar-refractivity contribution in [3.8, 4) is 0 Å². The maximum absolute atomic E-state index is 11.6. The first-order chi connectivity index (χ1) is 8.66. The number of halogens is 1. The molecule has 2 rings (SSSR count). The van der Waals surface area contributed by atoms with Gasteiger partial charge in [0.1, 0.15) is 6.10 Å². The summed E-state index contributed by atoms with van der Waals surface area (Å²) in [5.74, 6) is 0.0188. The van der Waals surface area contributed by atoms with E-state index in [1.807, 2.05) is 17.8 Å². The average molecular weight is 316 g/mol. The Morgan fingerprint density at radius 1 is 1.72 bits per heavy atom. The second kappa shape index (κ2) is 6.33. The zero-order valence-corrected chi connectivity index (χ0v) is 12.1. The SMILES string of the molecule is Cc1nn(CCCNC(=O)[C@H]2CCCO2)cc1Br. The molecule has 100 valence electrons. The number of hydrogen-bond donors (Lipinski definition) is 1. The number of carbonyl (C=O) groups excluding carboxylic acids is 1. The molecule has 0 bridgehead atoms. The highest BCUT2D eigenvalue weighted by Crippen LogP contribution is 2.13. The molecular weight excluding hydrogens is 298 g/mol. The molecule has 0 saturated carbocycles. The Kier molecular flexibility index (Phi) is 4.77. The standard InChI is InChI=1S/C12H18BrN3O2/c1-9-10(13)8-16(15-9)6-3-5-14-12(17)11-4-2-7-18-11/h8,11H,2-7H2,1H3,(H,14,17)/t11-/m1/s1.